The zero-order valence-corrected chi connectivity index (χ0v) is 22.5. The molecule has 11 heteroatoms. The lowest BCUT2D eigenvalue weighted by atomic mass is 10.1. The normalized spacial score (nSPS) is 13.9. The minimum absolute atomic E-state index is 0.0577. The molecular weight excluding hydrogens is 517 g/mol. The summed E-state index contributed by atoms with van der Waals surface area (Å²) in [5, 5.41) is 20.0. The maximum absolute atomic E-state index is 13.7. The molecule has 4 rings (SSSR count). The number of hydrogen-bond acceptors (Lipinski definition) is 5. The second-order valence-corrected chi connectivity index (χ2v) is 8.84. The number of fused-ring (bicyclic) bond motifs is 1. The minimum Gasteiger partial charge on any atom is -0.481 e. The van der Waals surface area contributed by atoms with Crippen LogP contribution in [0.5, 0.6) is 0 Å². The number of carbonyl (C=O) groups excluding carboxylic acids is 3. The Hall–Kier alpha value is -4.93. The van der Waals surface area contributed by atoms with Crippen LogP contribution < -0.4 is 21.3 Å². The number of aliphatic carboxylic acids is 1. The summed E-state index contributed by atoms with van der Waals surface area (Å²) in [7, 11) is 1.61. The van der Waals surface area contributed by atoms with Crippen LogP contribution in [0.15, 0.2) is 66.7 Å². The first-order chi connectivity index (χ1) is 19.2. The standard InChI is InChI=1S/C27H26FN5O5.C2H6/c1-33-15-17-8-11-19(13-22(17)31-23(26(33)37)14-25(35)36)29-24(34)12-16-6-9-18(10-7-16)30-27(38)32-21-5-3-2-4-20(21)28;1-2/h2-11,13,23,31H,12,14-15H2,1H3,(H,29,34)(H,35,36)(H2,30,32,38);1-2H3. The molecule has 40 heavy (non-hydrogen) atoms. The highest BCUT2D eigenvalue weighted by Gasteiger charge is 2.29. The molecule has 0 bridgehead atoms. The SMILES string of the molecule is CC.CN1Cc2ccc(NC(=O)Cc3ccc(NC(=O)Nc4ccccc4F)cc3)cc2NC(CC(=O)O)C1=O. The van der Waals surface area contributed by atoms with Gasteiger partial charge in [-0.3, -0.25) is 14.4 Å². The number of halogens is 1. The molecular formula is C29H32FN5O5. The summed E-state index contributed by atoms with van der Waals surface area (Å²) in [6.07, 6.45) is -0.302. The molecule has 1 unspecified atom stereocenters. The topological polar surface area (TPSA) is 140 Å². The summed E-state index contributed by atoms with van der Waals surface area (Å²) in [5.74, 6) is -2.25. The number of carboxylic acid groups (broad SMARTS) is 1. The molecule has 0 fully saturated rings. The largest absolute Gasteiger partial charge is 0.481 e. The first-order valence-electron chi connectivity index (χ1n) is 12.8. The van der Waals surface area contributed by atoms with Crippen LogP contribution >= 0.6 is 0 Å². The van der Waals surface area contributed by atoms with E-state index in [2.05, 4.69) is 21.3 Å². The second kappa shape index (κ2) is 13.7. The van der Waals surface area contributed by atoms with E-state index < -0.39 is 23.9 Å². The number of likely N-dealkylation sites (N-methyl/N-ethyl adjacent to an activating group) is 1. The number of urea groups is 1. The van der Waals surface area contributed by atoms with E-state index in [0.717, 1.165) is 5.56 Å². The second-order valence-electron chi connectivity index (χ2n) is 8.84. The summed E-state index contributed by atoms with van der Waals surface area (Å²) in [5.41, 5.74) is 3.10. The van der Waals surface area contributed by atoms with Crippen molar-refractivity contribution in [2.45, 2.75) is 39.3 Å². The smallest absolute Gasteiger partial charge is 0.323 e. The van der Waals surface area contributed by atoms with E-state index in [4.69, 9.17) is 5.11 Å². The number of nitrogens with zero attached hydrogens (tertiary/aromatic N) is 1. The van der Waals surface area contributed by atoms with Crippen molar-refractivity contribution >= 4 is 46.6 Å². The van der Waals surface area contributed by atoms with Gasteiger partial charge in [-0.1, -0.05) is 44.2 Å². The predicted octanol–water partition coefficient (Wildman–Crippen LogP) is 4.90. The van der Waals surface area contributed by atoms with Crippen molar-refractivity contribution in [2.75, 3.05) is 28.3 Å². The predicted molar refractivity (Wildman–Crippen MR) is 152 cm³/mol. The number of carbonyl (C=O) groups is 4. The van der Waals surface area contributed by atoms with Gasteiger partial charge in [0, 0.05) is 30.7 Å². The molecule has 4 amide bonds. The Kier molecular flexibility index (Phi) is 10.2. The molecule has 0 aliphatic carbocycles. The van der Waals surface area contributed by atoms with Crippen LogP contribution in [0, 0.1) is 5.82 Å². The number of anilines is 4. The summed E-state index contributed by atoms with van der Waals surface area (Å²) in [6, 6.07) is 16.1. The average molecular weight is 550 g/mol. The number of para-hydroxylation sites is 1. The third kappa shape index (κ3) is 8.03. The summed E-state index contributed by atoms with van der Waals surface area (Å²) in [4.78, 5) is 49.9. The Morgan fingerprint density at radius 3 is 2.33 bits per heavy atom. The maximum atomic E-state index is 13.7. The number of carboxylic acids is 1. The van der Waals surface area contributed by atoms with E-state index in [-0.39, 0.29) is 30.3 Å². The molecule has 10 nitrogen and oxygen atoms in total. The fourth-order valence-corrected chi connectivity index (χ4v) is 4.03. The molecule has 1 aliphatic heterocycles. The van der Waals surface area contributed by atoms with Gasteiger partial charge >= 0.3 is 12.0 Å². The third-order valence-corrected chi connectivity index (χ3v) is 5.88. The lowest BCUT2D eigenvalue weighted by Gasteiger charge is -2.19. The molecule has 0 radical (unpaired) electrons. The van der Waals surface area contributed by atoms with Crippen molar-refractivity contribution in [3.05, 3.63) is 83.7 Å². The van der Waals surface area contributed by atoms with Crippen LogP contribution in [0.4, 0.5) is 31.9 Å². The van der Waals surface area contributed by atoms with Gasteiger partial charge in [0.05, 0.1) is 18.5 Å². The van der Waals surface area contributed by atoms with Crippen LogP contribution in [0.3, 0.4) is 0 Å². The van der Waals surface area contributed by atoms with Crippen LogP contribution in [0.1, 0.15) is 31.4 Å². The van der Waals surface area contributed by atoms with Gasteiger partial charge < -0.3 is 31.3 Å². The Balaban J connectivity index is 0.00000216. The monoisotopic (exact) mass is 549 g/mol. The van der Waals surface area contributed by atoms with Gasteiger partial charge in [-0.15, -0.1) is 0 Å². The van der Waals surface area contributed by atoms with Gasteiger partial charge in [0.25, 0.3) is 0 Å². The lowest BCUT2D eigenvalue weighted by Crippen LogP contribution is -2.39. The highest BCUT2D eigenvalue weighted by Crippen LogP contribution is 2.27. The Labute approximate surface area is 231 Å². The van der Waals surface area contributed by atoms with Crippen molar-refractivity contribution < 1.29 is 28.7 Å². The van der Waals surface area contributed by atoms with Gasteiger partial charge in [-0.05, 0) is 47.5 Å². The average Bonchev–Trinajstić information content (AvgIpc) is 3.03. The quantitative estimate of drug-likeness (QED) is 0.284. The van der Waals surface area contributed by atoms with Crippen LogP contribution in [-0.4, -0.2) is 46.9 Å². The fraction of sp³-hybridized carbons (Fsp3) is 0.241. The Morgan fingerprint density at radius 2 is 1.65 bits per heavy atom. The summed E-state index contributed by atoms with van der Waals surface area (Å²) < 4.78 is 13.7. The van der Waals surface area contributed by atoms with E-state index >= 15 is 0 Å². The Morgan fingerprint density at radius 1 is 0.975 bits per heavy atom. The van der Waals surface area contributed by atoms with Crippen molar-refractivity contribution in [2.24, 2.45) is 0 Å². The maximum Gasteiger partial charge on any atom is 0.323 e. The highest BCUT2D eigenvalue weighted by atomic mass is 19.1. The van der Waals surface area contributed by atoms with Gasteiger partial charge in [0.2, 0.25) is 11.8 Å². The van der Waals surface area contributed by atoms with E-state index in [1.807, 2.05) is 13.8 Å². The van der Waals surface area contributed by atoms with Gasteiger partial charge in [-0.2, -0.15) is 0 Å². The van der Waals surface area contributed by atoms with Crippen molar-refractivity contribution in [3.8, 4) is 0 Å². The number of amides is 4. The number of rotatable bonds is 7. The first-order valence-corrected chi connectivity index (χ1v) is 12.8. The number of hydrogen-bond donors (Lipinski definition) is 5. The van der Waals surface area contributed by atoms with Crippen molar-refractivity contribution in [1.82, 2.24) is 4.90 Å². The first kappa shape index (κ1) is 29.6. The van der Waals surface area contributed by atoms with Crippen molar-refractivity contribution in [3.63, 3.8) is 0 Å². The van der Waals surface area contributed by atoms with Crippen LogP contribution in [0.25, 0.3) is 0 Å². The molecule has 210 valence electrons. The molecule has 0 saturated carbocycles. The molecule has 1 heterocycles. The van der Waals surface area contributed by atoms with Crippen LogP contribution in [0.2, 0.25) is 0 Å². The summed E-state index contributed by atoms with van der Waals surface area (Å²) in [6.45, 7) is 4.31. The molecule has 0 spiro atoms. The minimum atomic E-state index is -1.09. The van der Waals surface area contributed by atoms with Gasteiger partial charge in [-0.25, -0.2) is 9.18 Å². The molecule has 0 saturated heterocycles. The zero-order valence-electron chi connectivity index (χ0n) is 22.5. The fourth-order valence-electron chi connectivity index (χ4n) is 4.03. The molecule has 3 aromatic rings. The summed E-state index contributed by atoms with van der Waals surface area (Å²) >= 11 is 0. The van der Waals surface area contributed by atoms with E-state index in [1.165, 1.54) is 23.1 Å². The number of benzene rings is 3. The third-order valence-electron chi connectivity index (χ3n) is 5.88. The van der Waals surface area contributed by atoms with Crippen molar-refractivity contribution in [1.29, 1.82) is 0 Å². The van der Waals surface area contributed by atoms with Gasteiger partial charge in [0.15, 0.2) is 0 Å². The molecule has 5 N–H and O–H groups in total. The Bertz CT molecular complexity index is 1380. The van der Waals surface area contributed by atoms with Crippen LogP contribution in [-0.2, 0) is 27.3 Å². The molecule has 1 aliphatic rings. The molecule has 0 aromatic heterocycles. The van der Waals surface area contributed by atoms with E-state index in [0.29, 0.717) is 29.2 Å². The molecule has 1 atom stereocenters. The number of nitrogens with one attached hydrogen (secondary N) is 4. The highest BCUT2D eigenvalue weighted by molar-refractivity contribution is 6.00. The molecule has 3 aromatic carbocycles. The zero-order chi connectivity index (χ0) is 29.2. The van der Waals surface area contributed by atoms with E-state index in [9.17, 15) is 23.6 Å². The van der Waals surface area contributed by atoms with E-state index in [1.54, 1.807) is 55.6 Å². The van der Waals surface area contributed by atoms with Gasteiger partial charge in [0.1, 0.15) is 11.9 Å². The lowest BCUT2D eigenvalue weighted by molar-refractivity contribution is -0.141.